The number of benzene rings is 2. The van der Waals surface area contributed by atoms with Crippen LogP contribution in [0.3, 0.4) is 0 Å². The van der Waals surface area contributed by atoms with E-state index >= 15 is 0 Å². The highest BCUT2D eigenvalue weighted by Crippen LogP contribution is 2.46. The van der Waals surface area contributed by atoms with Crippen molar-refractivity contribution < 1.29 is 19.4 Å². The molecule has 7 heteroatoms. The van der Waals surface area contributed by atoms with Gasteiger partial charge in [0.1, 0.15) is 18.1 Å². The van der Waals surface area contributed by atoms with Crippen LogP contribution in [0.2, 0.25) is 10.0 Å². The van der Waals surface area contributed by atoms with E-state index in [4.69, 9.17) is 37.8 Å². The van der Waals surface area contributed by atoms with Gasteiger partial charge in [0.15, 0.2) is 0 Å². The fourth-order valence-electron chi connectivity index (χ4n) is 4.00. The first-order chi connectivity index (χ1) is 13.4. The van der Waals surface area contributed by atoms with Gasteiger partial charge in [-0.1, -0.05) is 29.3 Å². The van der Waals surface area contributed by atoms with Crippen LogP contribution in [0.25, 0.3) is 0 Å². The van der Waals surface area contributed by atoms with Crippen LogP contribution < -0.4 is 9.47 Å². The molecule has 2 aliphatic rings. The Kier molecular flexibility index (Phi) is 5.41. The Morgan fingerprint density at radius 2 is 1.96 bits per heavy atom. The van der Waals surface area contributed by atoms with Crippen LogP contribution in [-0.4, -0.2) is 42.2 Å². The molecule has 2 aromatic rings. The standard InChI is InChI=1S/C21H21Cl2NO4/c22-15-1-4-18(23)14(9-15)12-27-16-2-3-17-19(10-16)28-13-21(17)5-7-24(8-6-21)11-20(25)26/h1-4,9-10H,5-8,11-13H2,(H,25,26). The molecule has 0 saturated carbocycles. The van der Waals surface area contributed by atoms with Gasteiger partial charge in [0.25, 0.3) is 0 Å². The average molecular weight is 422 g/mol. The smallest absolute Gasteiger partial charge is 0.317 e. The summed E-state index contributed by atoms with van der Waals surface area (Å²) in [5, 5.41) is 10.2. The van der Waals surface area contributed by atoms with Crippen molar-refractivity contribution in [3.8, 4) is 11.5 Å². The Morgan fingerprint density at radius 3 is 2.71 bits per heavy atom. The highest BCUT2D eigenvalue weighted by atomic mass is 35.5. The highest BCUT2D eigenvalue weighted by Gasteiger charge is 2.43. The Bertz CT molecular complexity index is 894. The molecule has 1 spiro atoms. The second-order valence-electron chi connectivity index (χ2n) is 7.42. The molecule has 1 saturated heterocycles. The van der Waals surface area contributed by atoms with Crippen molar-refractivity contribution >= 4 is 29.2 Å². The molecule has 0 aromatic heterocycles. The zero-order valence-corrected chi connectivity index (χ0v) is 16.8. The summed E-state index contributed by atoms with van der Waals surface area (Å²) in [5.41, 5.74) is 1.99. The molecule has 2 heterocycles. The number of likely N-dealkylation sites (tertiary alicyclic amines) is 1. The van der Waals surface area contributed by atoms with Gasteiger partial charge in [-0.3, -0.25) is 9.69 Å². The van der Waals surface area contributed by atoms with Crippen LogP contribution in [0.4, 0.5) is 0 Å². The molecule has 28 heavy (non-hydrogen) atoms. The van der Waals surface area contributed by atoms with Crippen LogP contribution in [-0.2, 0) is 16.8 Å². The minimum absolute atomic E-state index is 0.0286. The number of ether oxygens (including phenoxy) is 2. The molecule has 2 aromatic carbocycles. The van der Waals surface area contributed by atoms with Gasteiger partial charge in [0.2, 0.25) is 0 Å². The van der Waals surface area contributed by atoms with Crippen LogP contribution >= 0.6 is 23.2 Å². The maximum atomic E-state index is 10.9. The number of hydrogen-bond acceptors (Lipinski definition) is 4. The van der Waals surface area contributed by atoms with E-state index in [1.807, 2.05) is 17.0 Å². The van der Waals surface area contributed by atoms with E-state index in [-0.39, 0.29) is 12.0 Å². The molecule has 0 bridgehead atoms. The van der Waals surface area contributed by atoms with Gasteiger partial charge in [-0.2, -0.15) is 0 Å². The summed E-state index contributed by atoms with van der Waals surface area (Å²) >= 11 is 12.2. The summed E-state index contributed by atoms with van der Waals surface area (Å²) in [6.07, 6.45) is 1.79. The second-order valence-corrected chi connectivity index (χ2v) is 8.26. The van der Waals surface area contributed by atoms with Gasteiger partial charge in [-0.05, 0) is 50.2 Å². The van der Waals surface area contributed by atoms with E-state index in [1.54, 1.807) is 18.2 Å². The van der Waals surface area contributed by atoms with Crippen molar-refractivity contribution in [1.82, 2.24) is 4.90 Å². The quantitative estimate of drug-likeness (QED) is 0.775. The zero-order valence-electron chi connectivity index (χ0n) is 15.3. The molecule has 2 aliphatic heterocycles. The first-order valence-corrected chi connectivity index (χ1v) is 9.99. The fraction of sp³-hybridized carbons (Fsp3) is 0.381. The van der Waals surface area contributed by atoms with Crippen LogP contribution in [0.15, 0.2) is 36.4 Å². The lowest BCUT2D eigenvalue weighted by atomic mass is 9.74. The summed E-state index contributed by atoms with van der Waals surface area (Å²) in [6.45, 7) is 2.59. The van der Waals surface area contributed by atoms with Crippen molar-refractivity contribution in [2.24, 2.45) is 0 Å². The molecule has 0 aliphatic carbocycles. The fourth-order valence-corrected chi connectivity index (χ4v) is 4.37. The van der Waals surface area contributed by atoms with E-state index in [0.717, 1.165) is 43.0 Å². The van der Waals surface area contributed by atoms with Gasteiger partial charge < -0.3 is 14.6 Å². The number of fused-ring (bicyclic) bond motifs is 2. The summed E-state index contributed by atoms with van der Waals surface area (Å²) in [5.74, 6) is 0.789. The third-order valence-corrected chi connectivity index (χ3v) is 6.21. The van der Waals surface area contributed by atoms with Crippen LogP contribution in [0, 0.1) is 0 Å². The summed E-state index contributed by atoms with van der Waals surface area (Å²) < 4.78 is 11.9. The predicted octanol–water partition coefficient (Wildman–Crippen LogP) is 4.38. The molecule has 4 rings (SSSR count). The SMILES string of the molecule is O=C(O)CN1CCC2(CC1)COc1cc(OCc3cc(Cl)ccc3Cl)ccc12. The molecule has 1 fully saturated rings. The number of carboxylic acid groups (broad SMARTS) is 1. The second kappa shape index (κ2) is 7.82. The summed E-state index contributed by atoms with van der Waals surface area (Å²) in [7, 11) is 0. The van der Waals surface area contributed by atoms with Crippen molar-refractivity contribution in [3.05, 3.63) is 57.6 Å². The maximum Gasteiger partial charge on any atom is 0.317 e. The lowest BCUT2D eigenvalue weighted by Crippen LogP contribution is -2.45. The van der Waals surface area contributed by atoms with Crippen molar-refractivity contribution in [2.45, 2.75) is 24.9 Å². The number of rotatable bonds is 5. The molecule has 0 radical (unpaired) electrons. The topological polar surface area (TPSA) is 59.0 Å². The monoisotopic (exact) mass is 421 g/mol. The van der Waals surface area contributed by atoms with E-state index in [1.165, 1.54) is 5.56 Å². The number of piperidine rings is 1. The Balaban J connectivity index is 1.44. The first-order valence-electron chi connectivity index (χ1n) is 9.23. The molecule has 5 nitrogen and oxygen atoms in total. The predicted molar refractivity (Wildman–Crippen MR) is 108 cm³/mol. The van der Waals surface area contributed by atoms with E-state index in [2.05, 4.69) is 6.07 Å². The van der Waals surface area contributed by atoms with E-state index in [9.17, 15) is 4.79 Å². The van der Waals surface area contributed by atoms with Gasteiger partial charge in [-0.25, -0.2) is 0 Å². The zero-order chi connectivity index (χ0) is 19.7. The van der Waals surface area contributed by atoms with Gasteiger partial charge in [0, 0.05) is 32.7 Å². The number of carbonyl (C=O) groups is 1. The summed E-state index contributed by atoms with van der Waals surface area (Å²) in [4.78, 5) is 12.9. The number of halogens is 2. The molecule has 148 valence electrons. The molecule has 0 atom stereocenters. The minimum Gasteiger partial charge on any atom is -0.492 e. The molecular weight excluding hydrogens is 401 g/mol. The normalized spacial score (nSPS) is 17.9. The maximum absolute atomic E-state index is 10.9. The van der Waals surface area contributed by atoms with Crippen LogP contribution in [0.1, 0.15) is 24.0 Å². The number of hydrogen-bond donors (Lipinski definition) is 1. The molecule has 0 unspecified atom stereocenters. The van der Waals surface area contributed by atoms with Gasteiger partial charge >= 0.3 is 5.97 Å². The third kappa shape index (κ3) is 3.93. The summed E-state index contributed by atoms with van der Waals surface area (Å²) in [6, 6.07) is 11.3. The Hall–Kier alpha value is -1.95. The van der Waals surface area contributed by atoms with E-state index < -0.39 is 5.97 Å². The van der Waals surface area contributed by atoms with E-state index in [0.29, 0.717) is 23.3 Å². The van der Waals surface area contributed by atoms with Gasteiger partial charge in [-0.15, -0.1) is 0 Å². The van der Waals surface area contributed by atoms with Crippen molar-refractivity contribution in [3.63, 3.8) is 0 Å². The van der Waals surface area contributed by atoms with Crippen LogP contribution in [0.5, 0.6) is 11.5 Å². The average Bonchev–Trinajstić information content (AvgIpc) is 3.02. The van der Waals surface area contributed by atoms with Crippen molar-refractivity contribution in [1.29, 1.82) is 0 Å². The Morgan fingerprint density at radius 1 is 1.18 bits per heavy atom. The first kappa shape index (κ1) is 19.4. The minimum atomic E-state index is -0.777. The Labute approximate surface area is 173 Å². The molecule has 1 N–H and O–H groups in total. The van der Waals surface area contributed by atoms with Crippen molar-refractivity contribution in [2.75, 3.05) is 26.2 Å². The number of carboxylic acids is 1. The lowest BCUT2D eigenvalue weighted by Gasteiger charge is -2.37. The highest BCUT2D eigenvalue weighted by molar-refractivity contribution is 6.33. The molecule has 0 amide bonds. The number of nitrogens with zero attached hydrogens (tertiary/aromatic N) is 1. The lowest BCUT2D eigenvalue weighted by molar-refractivity contribution is -0.138. The third-order valence-electron chi connectivity index (χ3n) is 5.60. The molecular formula is C21H21Cl2NO4. The number of aliphatic carboxylic acids is 1. The van der Waals surface area contributed by atoms with Gasteiger partial charge in [0.05, 0.1) is 13.2 Å². The largest absolute Gasteiger partial charge is 0.492 e.